The van der Waals surface area contributed by atoms with Gasteiger partial charge in [0.25, 0.3) is 10.0 Å². The summed E-state index contributed by atoms with van der Waals surface area (Å²) in [5.74, 6) is -1.20. The first kappa shape index (κ1) is 27.2. The third-order valence-corrected chi connectivity index (χ3v) is 7.70. The Labute approximate surface area is 213 Å². The van der Waals surface area contributed by atoms with Crippen molar-refractivity contribution in [2.24, 2.45) is 11.1 Å². The van der Waals surface area contributed by atoms with E-state index in [1.54, 1.807) is 19.9 Å². The third kappa shape index (κ3) is 4.12. The van der Waals surface area contributed by atoms with E-state index < -0.39 is 51.2 Å². The van der Waals surface area contributed by atoms with Crippen LogP contribution in [0.3, 0.4) is 0 Å². The number of nitriles is 1. The number of alkyl halides is 6. The maximum atomic E-state index is 14.2. The second kappa shape index (κ2) is 8.90. The molecule has 0 atom stereocenters. The maximum Gasteiger partial charge on any atom is 0.411 e. The average Bonchev–Trinajstić information content (AvgIpc) is 3.24. The zero-order valence-electron chi connectivity index (χ0n) is 19.9. The summed E-state index contributed by atoms with van der Waals surface area (Å²) in [6.07, 6.45) is -12.5. The molecule has 1 aliphatic heterocycles. The largest absolute Gasteiger partial charge is 0.411 e. The number of sulfonamides is 1. The fourth-order valence-electron chi connectivity index (χ4n) is 4.93. The Morgan fingerprint density at radius 3 is 2.08 bits per heavy atom. The number of halogens is 6. The van der Waals surface area contributed by atoms with Crippen molar-refractivity contribution in [2.75, 3.05) is 9.62 Å². The minimum atomic E-state index is -5.88. The molecule has 202 valence electrons. The fraction of sp³-hybridized carbons (Fsp3) is 0.348. The van der Waals surface area contributed by atoms with Crippen molar-refractivity contribution in [2.45, 2.75) is 50.4 Å². The van der Waals surface area contributed by atoms with Gasteiger partial charge in [-0.15, -0.1) is 0 Å². The molecule has 8 nitrogen and oxygen atoms in total. The van der Waals surface area contributed by atoms with Gasteiger partial charge >= 0.3 is 12.4 Å². The summed E-state index contributed by atoms with van der Waals surface area (Å²) in [6, 6.07) is 7.25. The van der Waals surface area contributed by atoms with Crippen LogP contribution < -0.4 is 15.4 Å². The Hall–Kier alpha value is -3.80. The van der Waals surface area contributed by atoms with Crippen LogP contribution in [-0.2, 0) is 10.0 Å². The minimum Gasteiger partial charge on any atom is -0.384 e. The van der Waals surface area contributed by atoms with Gasteiger partial charge in [0, 0.05) is 22.8 Å². The SMILES string of the molecule is Cc1cc(C)nc(NS(=O)(=O)c2ccc(N3C(N)=C(C#N)C(C(F)(F)F)(C(F)(F)F)C4=C3CCC4)cc2)n1. The molecule has 15 heteroatoms. The standard InChI is InChI=1S/C23H20F6N6O2S/c1-12-10-13(2)33-20(32-12)34-38(36,37)15-8-6-14(7-9-15)35-18-5-3-4-16(18)21(22(24,25)26,23(27,28)29)17(11-30)19(35)31/h6-10H,3-5,31H2,1-2H3,(H,32,33,34). The molecular weight excluding hydrogens is 538 g/mol. The second-order valence-corrected chi connectivity index (χ2v) is 10.5. The van der Waals surface area contributed by atoms with E-state index in [1.165, 1.54) is 12.1 Å². The van der Waals surface area contributed by atoms with Crippen molar-refractivity contribution in [3.63, 3.8) is 0 Å². The van der Waals surface area contributed by atoms with Crippen LogP contribution in [0.25, 0.3) is 0 Å². The van der Waals surface area contributed by atoms with Crippen molar-refractivity contribution in [1.29, 1.82) is 5.26 Å². The summed E-state index contributed by atoms with van der Waals surface area (Å²) < 4.78 is 113. The van der Waals surface area contributed by atoms with E-state index >= 15 is 0 Å². The molecule has 38 heavy (non-hydrogen) atoms. The normalized spacial score (nSPS) is 17.9. The summed E-state index contributed by atoms with van der Waals surface area (Å²) in [7, 11) is -4.20. The quantitative estimate of drug-likeness (QED) is 0.509. The first-order chi connectivity index (χ1) is 17.5. The second-order valence-electron chi connectivity index (χ2n) is 8.81. The lowest BCUT2D eigenvalue weighted by atomic mass is 9.69. The van der Waals surface area contributed by atoms with Crippen molar-refractivity contribution >= 4 is 21.7 Å². The highest BCUT2D eigenvalue weighted by molar-refractivity contribution is 7.92. The number of allylic oxidation sites excluding steroid dienone is 3. The first-order valence-corrected chi connectivity index (χ1v) is 12.5. The topological polar surface area (TPSA) is 125 Å². The molecule has 1 aromatic heterocycles. The number of nitrogens with two attached hydrogens (primary N) is 1. The highest BCUT2D eigenvalue weighted by Crippen LogP contribution is 2.65. The van der Waals surface area contributed by atoms with Crippen molar-refractivity contribution in [1.82, 2.24) is 9.97 Å². The Balaban J connectivity index is 1.79. The molecule has 0 spiro atoms. The van der Waals surface area contributed by atoms with Crippen molar-refractivity contribution in [3.8, 4) is 6.07 Å². The van der Waals surface area contributed by atoms with Crippen LogP contribution in [0.15, 0.2) is 57.9 Å². The van der Waals surface area contributed by atoms with Gasteiger partial charge in [-0.25, -0.2) is 23.1 Å². The number of hydrogen-bond donors (Lipinski definition) is 2. The van der Waals surface area contributed by atoms with Gasteiger partial charge in [-0.05, 0) is 69.0 Å². The number of benzene rings is 1. The first-order valence-electron chi connectivity index (χ1n) is 11.1. The molecule has 0 amide bonds. The number of nitrogens with zero attached hydrogens (tertiary/aromatic N) is 4. The van der Waals surface area contributed by atoms with Crippen LogP contribution in [0, 0.1) is 30.6 Å². The van der Waals surface area contributed by atoms with Gasteiger partial charge in [0.05, 0.1) is 10.5 Å². The summed E-state index contributed by atoms with van der Waals surface area (Å²) in [5, 5.41) is 9.50. The van der Waals surface area contributed by atoms with Crippen LogP contribution in [0.1, 0.15) is 30.7 Å². The van der Waals surface area contributed by atoms with E-state index in [4.69, 9.17) is 5.73 Å². The van der Waals surface area contributed by atoms with E-state index in [0.29, 0.717) is 11.4 Å². The Morgan fingerprint density at radius 2 is 1.58 bits per heavy atom. The highest BCUT2D eigenvalue weighted by atomic mass is 32.2. The van der Waals surface area contributed by atoms with Gasteiger partial charge in [0.1, 0.15) is 11.9 Å². The average molecular weight is 559 g/mol. The van der Waals surface area contributed by atoms with Crippen LogP contribution in [0.2, 0.25) is 0 Å². The minimum absolute atomic E-state index is 0.0100. The molecular formula is C23H20F6N6O2S. The fourth-order valence-corrected chi connectivity index (χ4v) is 5.87. The van der Waals surface area contributed by atoms with E-state index in [2.05, 4.69) is 14.7 Å². The Morgan fingerprint density at radius 1 is 1.03 bits per heavy atom. The molecule has 1 aliphatic carbocycles. The number of aryl methyl sites for hydroxylation is 2. The van der Waals surface area contributed by atoms with Crippen LogP contribution in [-0.4, -0.2) is 30.7 Å². The van der Waals surface area contributed by atoms with Crippen molar-refractivity contribution in [3.05, 3.63) is 64.4 Å². The van der Waals surface area contributed by atoms with Gasteiger partial charge < -0.3 is 5.73 Å². The molecule has 0 fully saturated rings. The molecule has 0 radical (unpaired) electrons. The predicted octanol–water partition coefficient (Wildman–Crippen LogP) is 4.96. The molecule has 2 aliphatic rings. The lowest BCUT2D eigenvalue weighted by Gasteiger charge is -2.44. The Bertz CT molecular complexity index is 1470. The van der Waals surface area contributed by atoms with E-state index in [-0.39, 0.29) is 35.1 Å². The summed E-state index contributed by atoms with van der Waals surface area (Å²) in [4.78, 5) is 8.68. The third-order valence-electron chi connectivity index (χ3n) is 6.36. The lowest BCUT2D eigenvalue weighted by Crippen LogP contribution is -2.56. The van der Waals surface area contributed by atoms with Gasteiger partial charge in [0.15, 0.2) is 0 Å². The zero-order valence-corrected chi connectivity index (χ0v) is 20.7. The number of hydrogen-bond acceptors (Lipinski definition) is 7. The molecule has 0 saturated carbocycles. The van der Waals surface area contributed by atoms with Gasteiger partial charge in [-0.3, -0.25) is 4.90 Å². The molecule has 3 N–H and O–H groups in total. The molecule has 0 saturated heterocycles. The molecule has 0 bridgehead atoms. The zero-order chi connectivity index (χ0) is 28.3. The Kier molecular flexibility index (Phi) is 6.38. The number of nitrogens with one attached hydrogen (secondary N) is 1. The summed E-state index contributed by atoms with van der Waals surface area (Å²) >= 11 is 0. The van der Waals surface area contributed by atoms with Gasteiger partial charge in [-0.2, -0.15) is 31.6 Å². The van der Waals surface area contributed by atoms with E-state index in [0.717, 1.165) is 23.1 Å². The van der Waals surface area contributed by atoms with E-state index in [1.807, 2.05) is 0 Å². The van der Waals surface area contributed by atoms with Crippen LogP contribution >= 0.6 is 0 Å². The molecule has 2 heterocycles. The smallest absolute Gasteiger partial charge is 0.384 e. The van der Waals surface area contributed by atoms with Gasteiger partial charge in [-0.1, -0.05) is 0 Å². The molecule has 1 aromatic carbocycles. The number of rotatable bonds is 4. The van der Waals surface area contributed by atoms with Crippen molar-refractivity contribution < 1.29 is 34.8 Å². The molecule has 0 unspecified atom stereocenters. The molecule has 2 aromatic rings. The summed E-state index contributed by atoms with van der Waals surface area (Å²) in [5.41, 5.74) is -0.657. The van der Waals surface area contributed by atoms with Crippen LogP contribution in [0.4, 0.5) is 38.0 Å². The lowest BCUT2D eigenvalue weighted by molar-refractivity contribution is -0.310. The van der Waals surface area contributed by atoms with E-state index in [9.17, 15) is 40.0 Å². The molecule has 4 rings (SSSR count). The predicted molar refractivity (Wildman–Crippen MR) is 123 cm³/mol. The number of anilines is 2. The van der Waals surface area contributed by atoms with Crippen LogP contribution in [0.5, 0.6) is 0 Å². The van der Waals surface area contributed by atoms with Gasteiger partial charge in [0.2, 0.25) is 11.4 Å². The monoisotopic (exact) mass is 558 g/mol. The highest BCUT2D eigenvalue weighted by Gasteiger charge is 2.77. The summed E-state index contributed by atoms with van der Waals surface area (Å²) in [6.45, 7) is 3.29. The number of aromatic nitrogens is 2. The maximum absolute atomic E-state index is 14.2.